The molecular weight excluding hydrogens is 224 g/mol. The average molecular weight is 231 g/mol. The fraction of sp³-hybridized carbons (Fsp3) is 0. The van der Waals surface area contributed by atoms with Crippen LogP contribution >= 0.6 is 0 Å². The molecule has 0 saturated heterocycles. The van der Waals surface area contributed by atoms with Gasteiger partial charge in [0.2, 0.25) is 0 Å². The standard InChI is InChI=1S/C12H7F2N3/c13-9-2-1-3-10(12(9)14)17-11-7-16-5-4-8(11)6-15/h1-5,7,17H. The summed E-state index contributed by atoms with van der Waals surface area (Å²) in [5.74, 6) is -1.93. The van der Waals surface area contributed by atoms with Gasteiger partial charge in [0.05, 0.1) is 23.1 Å². The molecule has 2 aromatic rings. The second kappa shape index (κ2) is 4.58. The van der Waals surface area contributed by atoms with E-state index in [2.05, 4.69) is 10.3 Å². The molecule has 0 amide bonds. The van der Waals surface area contributed by atoms with Crippen molar-refractivity contribution in [2.24, 2.45) is 0 Å². The van der Waals surface area contributed by atoms with Crippen LogP contribution in [0.2, 0.25) is 0 Å². The Morgan fingerprint density at radius 1 is 1.18 bits per heavy atom. The van der Waals surface area contributed by atoms with Crippen molar-refractivity contribution in [1.29, 1.82) is 5.26 Å². The van der Waals surface area contributed by atoms with E-state index in [1.54, 1.807) is 0 Å². The number of hydrogen-bond acceptors (Lipinski definition) is 3. The molecule has 3 nitrogen and oxygen atoms in total. The smallest absolute Gasteiger partial charge is 0.182 e. The number of hydrogen-bond donors (Lipinski definition) is 1. The second-order valence-electron chi connectivity index (χ2n) is 3.26. The lowest BCUT2D eigenvalue weighted by atomic mass is 10.2. The molecule has 0 bridgehead atoms. The molecular formula is C12H7F2N3. The molecule has 17 heavy (non-hydrogen) atoms. The highest BCUT2D eigenvalue weighted by molar-refractivity contribution is 5.65. The number of aromatic nitrogens is 1. The summed E-state index contributed by atoms with van der Waals surface area (Å²) in [6.45, 7) is 0. The van der Waals surface area contributed by atoms with Crippen LogP contribution in [0.15, 0.2) is 36.7 Å². The number of anilines is 2. The van der Waals surface area contributed by atoms with E-state index in [9.17, 15) is 8.78 Å². The molecule has 0 atom stereocenters. The minimum Gasteiger partial charge on any atom is -0.351 e. The maximum Gasteiger partial charge on any atom is 0.182 e. The highest BCUT2D eigenvalue weighted by atomic mass is 19.2. The number of benzene rings is 1. The molecule has 84 valence electrons. The van der Waals surface area contributed by atoms with Crippen LogP contribution in [0.3, 0.4) is 0 Å². The zero-order chi connectivity index (χ0) is 12.3. The number of nitrogens with zero attached hydrogens (tertiary/aromatic N) is 2. The third kappa shape index (κ3) is 2.21. The Bertz CT molecular complexity index is 591. The molecule has 1 N–H and O–H groups in total. The van der Waals surface area contributed by atoms with Gasteiger partial charge in [-0.05, 0) is 18.2 Å². The van der Waals surface area contributed by atoms with Crippen molar-refractivity contribution in [3.63, 3.8) is 0 Å². The summed E-state index contributed by atoms with van der Waals surface area (Å²) in [5, 5.41) is 11.5. The molecule has 1 aromatic carbocycles. The maximum absolute atomic E-state index is 13.4. The molecule has 0 fully saturated rings. The quantitative estimate of drug-likeness (QED) is 0.864. The van der Waals surface area contributed by atoms with Gasteiger partial charge in [0.25, 0.3) is 0 Å². The molecule has 1 aromatic heterocycles. The zero-order valence-electron chi connectivity index (χ0n) is 8.61. The fourth-order valence-corrected chi connectivity index (χ4v) is 1.34. The molecule has 0 unspecified atom stereocenters. The van der Waals surface area contributed by atoms with Gasteiger partial charge in [0, 0.05) is 6.20 Å². The highest BCUT2D eigenvalue weighted by Crippen LogP contribution is 2.23. The summed E-state index contributed by atoms with van der Waals surface area (Å²) >= 11 is 0. The van der Waals surface area contributed by atoms with E-state index in [0.717, 1.165) is 6.07 Å². The Morgan fingerprint density at radius 3 is 2.76 bits per heavy atom. The largest absolute Gasteiger partial charge is 0.351 e. The van der Waals surface area contributed by atoms with Crippen molar-refractivity contribution in [3.8, 4) is 6.07 Å². The lowest BCUT2D eigenvalue weighted by Crippen LogP contribution is -1.98. The Kier molecular flexibility index (Phi) is 2.97. The van der Waals surface area contributed by atoms with Gasteiger partial charge >= 0.3 is 0 Å². The number of pyridine rings is 1. The zero-order valence-corrected chi connectivity index (χ0v) is 8.61. The summed E-state index contributed by atoms with van der Waals surface area (Å²) in [5.41, 5.74) is 0.609. The molecule has 0 radical (unpaired) electrons. The van der Waals surface area contributed by atoms with E-state index in [1.807, 2.05) is 6.07 Å². The van der Waals surface area contributed by atoms with Crippen molar-refractivity contribution in [3.05, 3.63) is 53.9 Å². The summed E-state index contributed by atoms with van der Waals surface area (Å²) < 4.78 is 26.4. The van der Waals surface area contributed by atoms with Crippen LogP contribution in [0.4, 0.5) is 20.2 Å². The minimum absolute atomic E-state index is 0.0329. The molecule has 5 heteroatoms. The Labute approximate surface area is 96.3 Å². The molecule has 0 aliphatic carbocycles. The Balaban J connectivity index is 2.39. The summed E-state index contributed by atoms with van der Waals surface area (Å²) in [6.07, 6.45) is 2.83. The van der Waals surface area contributed by atoms with Crippen LogP contribution in [-0.2, 0) is 0 Å². The predicted molar refractivity (Wildman–Crippen MR) is 58.6 cm³/mol. The van der Waals surface area contributed by atoms with E-state index < -0.39 is 11.6 Å². The highest BCUT2D eigenvalue weighted by Gasteiger charge is 2.09. The lowest BCUT2D eigenvalue weighted by molar-refractivity contribution is 0.512. The van der Waals surface area contributed by atoms with Crippen LogP contribution in [0, 0.1) is 23.0 Å². The topological polar surface area (TPSA) is 48.7 Å². The summed E-state index contributed by atoms with van der Waals surface area (Å²) in [7, 11) is 0. The number of halogens is 2. The van der Waals surface area contributed by atoms with Gasteiger partial charge < -0.3 is 5.32 Å². The monoisotopic (exact) mass is 231 g/mol. The van der Waals surface area contributed by atoms with Crippen molar-refractivity contribution in [2.75, 3.05) is 5.32 Å². The summed E-state index contributed by atoms with van der Waals surface area (Å²) in [6, 6.07) is 7.20. The van der Waals surface area contributed by atoms with Gasteiger partial charge in [-0.25, -0.2) is 8.78 Å². The maximum atomic E-state index is 13.4. The molecule has 0 aliphatic rings. The third-order valence-corrected chi connectivity index (χ3v) is 2.16. The molecule has 2 rings (SSSR count). The lowest BCUT2D eigenvalue weighted by Gasteiger charge is -2.08. The van der Waals surface area contributed by atoms with Crippen LogP contribution in [0.1, 0.15) is 5.56 Å². The first-order valence-corrected chi connectivity index (χ1v) is 4.77. The first-order valence-electron chi connectivity index (χ1n) is 4.77. The van der Waals surface area contributed by atoms with Gasteiger partial charge in [-0.15, -0.1) is 0 Å². The minimum atomic E-state index is -0.986. The van der Waals surface area contributed by atoms with Crippen LogP contribution < -0.4 is 5.32 Å². The van der Waals surface area contributed by atoms with E-state index in [1.165, 1.54) is 30.6 Å². The van der Waals surface area contributed by atoms with Crippen molar-refractivity contribution < 1.29 is 8.78 Å². The molecule has 1 heterocycles. The normalized spacial score (nSPS) is 9.71. The van der Waals surface area contributed by atoms with Gasteiger partial charge in [-0.3, -0.25) is 4.98 Å². The van der Waals surface area contributed by atoms with Gasteiger partial charge in [-0.2, -0.15) is 5.26 Å². The van der Waals surface area contributed by atoms with Crippen LogP contribution in [0.5, 0.6) is 0 Å². The SMILES string of the molecule is N#Cc1ccncc1Nc1cccc(F)c1F. The summed E-state index contributed by atoms with van der Waals surface area (Å²) in [4.78, 5) is 3.81. The average Bonchev–Trinajstić information content (AvgIpc) is 2.35. The third-order valence-electron chi connectivity index (χ3n) is 2.16. The molecule has 0 aliphatic heterocycles. The second-order valence-corrected chi connectivity index (χ2v) is 3.26. The van der Waals surface area contributed by atoms with Gasteiger partial charge in [-0.1, -0.05) is 6.07 Å². The van der Waals surface area contributed by atoms with E-state index >= 15 is 0 Å². The molecule has 0 spiro atoms. The molecule has 0 saturated carbocycles. The number of nitriles is 1. The van der Waals surface area contributed by atoms with E-state index in [0.29, 0.717) is 11.3 Å². The predicted octanol–water partition coefficient (Wildman–Crippen LogP) is 2.98. The van der Waals surface area contributed by atoms with E-state index in [4.69, 9.17) is 5.26 Å². The first-order chi connectivity index (χ1) is 8.22. The van der Waals surface area contributed by atoms with Crippen molar-refractivity contribution >= 4 is 11.4 Å². The number of nitrogens with one attached hydrogen (secondary N) is 1. The Morgan fingerprint density at radius 2 is 2.00 bits per heavy atom. The van der Waals surface area contributed by atoms with Crippen LogP contribution in [-0.4, -0.2) is 4.98 Å². The number of rotatable bonds is 2. The fourth-order valence-electron chi connectivity index (χ4n) is 1.34. The van der Waals surface area contributed by atoms with Gasteiger partial charge in [0.15, 0.2) is 11.6 Å². The van der Waals surface area contributed by atoms with Gasteiger partial charge in [0.1, 0.15) is 6.07 Å². The van der Waals surface area contributed by atoms with E-state index in [-0.39, 0.29) is 5.69 Å². The first kappa shape index (κ1) is 11.0. The van der Waals surface area contributed by atoms with Crippen molar-refractivity contribution in [2.45, 2.75) is 0 Å². The van der Waals surface area contributed by atoms with Crippen molar-refractivity contribution in [1.82, 2.24) is 4.98 Å². The Hall–Kier alpha value is -2.48. The van der Waals surface area contributed by atoms with Crippen LogP contribution in [0.25, 0.3) is 0 Å².